The molecule has 6 heteroatoms. The van der Waals surface area contributed by atoms with Crippen LogP contribution in [0.15, 0.2) is 18.2 Å². The molecule has 0 fully saturated rings. The minimum atomic E-state index is -0.730. The van der Waals surface area contributed by atoms with Crippen molar-refractivity contribution < 1.29 is 24.5 Å². The van der Waals surface area contributed by atoms with E-state index in [4.69, 9.17) is 16.3 Å². The van der Waals surface area contributed by atoms with Gasteiger partial charge in [-0.15, -0.1) is 0 Å². The van der Waals surface area contributed by atoms with Crippen molar-refractivity contribution in [3.05, 3.63) is 34.4 Å². The number of hydrogen-bond acceptors (Lipinski definition) is 5. The molecule has 1 aromatic rings. The Morgan fingerprint density at radius 1 is 1.08 bits per heavy atom. The average molecular weight is 381 g/mol. The number of phenolic OH excluding ortho intramolecular Hbond substituents is 2. The Kier molecular flexibility index (Phi) is 7.51. The summed E-state index contributed by atoms with van der Waals surface area (Å²) in [5, 5.41) is 19.9. The number of allylic oxidation sites excluding steroid dienone is 2. The monoisotopic (exact) mass is 380 g/mol. The Labute approximate surface area is 158 Å². The van der Waals surface area contributed by atoms with E-state index in [0.29, 0.717) is 19.3 Å². The third-order valence-electron chi connectivity index (χ3n) is 4.43. The summed E-state index contributed by atoms with van der Waals surface area (Å²) in [4.78, 5) is 24.8. The van der Waals surface area contributed by atoms with E-state index in [1.807, 2.05) is 0 Å². The van der Waals surface area contributed by atoms with Crippen molar-refractivity contribution in [2.75, 3.05) is 0 Å². The molecular formula is C20H25ClO5. The second-order valence-electron chi connectivity index (χ2n) is 6.66. The molecule has 2 N–H and O–H groups in total. The van der Waals surface area contributed by atoms with Gasteiger partial charge in [-0.25, -0.2) is 4.79 Å². The number of esters is 1. The maximum Gasteiger partial charge on any atom is 0.342 e. The number of halogens is 1. The number of carbonyl (C=O) groups excluding carboxylic acids is 2. The van der Waals surface area contributed by atoms with Gasteiger partial charge in [-0.2, -0.15) is 0 Å². The van der Waals surface area contributed by atoms with Crippen molar-refractivity contribution in [1.29, 1.82) is 0 Å². The summed E-state index contributed by atoms with van der Waals surface area (Å²) in [6.45, 7) is 1.79. The third-order valence-corrected chi connectivity index (χ3v) is 4.85. The lowest BCUT2D eigenvalue weighted by atomic mass is 9.98. The van der Waals surface area contributed by atoms with Gasteiger partial charge < -0.3 is 14.9 Å². The maximum atomic E-state index is 12.6. The van der Waals surface area contributed by atoms with Crippen LogP contribution in [-0.2, 0) is 16.0 Å². The minimum absolute atomic E-state index is 0.100. The maximum absolute atomic E-state index is 12.6. The standard InChI is InChI=1S/C20H25ClO5/c1-13-9-7-5-3-2-4-6-8-10-14(22)11-15-18(20(25)26-13)16(23)12-17(24)19(15)21/h2,4,12-13,23-24H,3,5-11H2,1H3/b4-2+. The SMILES string of the molecule is CC1CCCC/C=C/CCCC(=O)Cc2c(Cl)c(O)cc(O)c2C(=O)O1. The number of fused-ring (bicyclic) bond motifs is 1. The first-order valence-electron chi connectivity index (χ1n) is 9.01. The molecule has 1 heterocycles. The second kappa shape index (κ2) is 9.62. The summed E-state index contributed by atoms with van der Waals surface area (Å²) in [6.07, 6.45) is 9.19. The van der Waals surface area contributed by atoms with Gasteiger partial charge in [0.25, 0.3) is 0 Å². The molecular weight excluding hydrogens is 356 g/mol. The molecule has 0 aromatic heterocycles. The summed E-state index contributed by atoms with van der Waals surface area (Å²) in [5.74, 6) is -1.64. The first-order valence-corrected chi connectivity index (χ1v) is 9.39. The minimum Gasteiger partial charge on any atom is -0.507 e. The number of rotatable bonds is 0. The first-order chi connectivity index (χ1) is 12.4. The summed E-state index contributed by atoms with van der Waals surface area (Å²) in [7, 11) is 0. The van der Waals surface area contributed by atoms with E-state index in [0.717, 1.165) is 31.7 Å². The number of ketones is 1. The first kappa shape index (κ1) is 20.3. The van der Waals surface area contributed by atoms with Gasteiger partial charge in [0.05, 0.1) is 11.1 Å². The van der Waals surface area contributed by atoms with Gasteiger partial charge >= 0.3 is 5.97 Å². The van der Waals surface area contributed by atoms with Crippen molar-refractivity contribution in [3.8, 4) is 11.5 Å². The molecule has 0 bridgehead atoms. The predicted molar refractivity (Wildman–Crippen MR) is 99.8 cm³/mol. The highest BCUT2D eigenvalue weighted by atomic mass is 35.5. The smallest absolute Gasteiger partial charge is 0.342 e. The Balaban J connectivity index is 2.34. The molecule has 1 aliphatic heterocycles. The van der Waals surface area contributed by atoms with Crippen LogP contribution in [0.4, 0.5) is 0 Å². The van der Waals surface area contributed by atoms with Crippen LogP contribution in [0.25, 0.3) is 0 Å². The second-order valence-corrected chi connectivity index (χ2v) is 7.04. The van der Waals surface area contributed by atoms with E-state index in [-0.39, 0.29) is 40.2 Å². The average Bonchev–Trinajstić information content (AvgIpc) is 2.57. The van der Waals surface area contributed by atoms with Crippen LogP contribution in [0.3, 0.4) is 0 Å². The third kappa shape index (κ3) is 5.49. The molecule has 0 radical (unpaired) electrons. The van der Waals surface area contributed by atoms with Crippen molar-refractivity contribution >= 4 is 23.4 Å². The quantitative estimate of drug-likeness (QED) is 0.503. The Hall–Kier alpha value is -2.01. The van der Waals surface area contributed by atoms with Gasteiger partial charge in [0.2, 0.25) is 0 Å². The van der Waals surface area contributed by atoms with Crippen LogP contribution < -0.4 is 0 Å². The normalized spacial score (nSPS) is 21.7. The molecule has 5 nitrogen and oxygen atoms in total. The fourth-order valence-electron chi connectivity index (χ4n) is 3.01. The fourth-order valence-corrected chi connectivity index (χ4v) is 3.23. The number of benzene rings is 1. The van der Waals surface area contributed by atoms with Crippen molar-refractivity contribution in [2.24, 2.45) is 0 Å². The lowest BCUT2D eigenvalue weighted by molar-refractivity contribution is -0.118. The highest BCUT2D eigenvalue weighted by Gasteiger charge is 2.26. The Bertz CT molecular complexity index is 696. The predicted octanol–water partition coefficient (Wildman–Crippen LogP) is 4.71. The largest absolute Gasteiger partial charge is 0.507 e. The van der Waals surface area contributed by atoms with Crippen molar-refractivity contribution in [2.45, 2.75) is 64.4 Å². The number of phenols is 2. The molecule has 0 saturated heterocycles. The van der Waals surface area contributed by atoms with Gasteiger partial charge in [0.15, 0.2) is 0 Å². The van der Waals surface area contributed by atoms with E-state index < -0.39 is 11.7 Å². The Morgan fingerprint density at radius 3 is 2.50 bits per heavy atom. The van der Waals surface area contributed by atoms with Crippen LogP contribution >= 0.6 is 11.6 Å². The molecule has 0 amide bonds. The van der Waals surface area contributed by atoms with E-state index in [2.05, 4.69) is 12.2 Å². The van der Waals surface area contributed by atoms with Crippen molar-refractivity contribution in [1.82, 2.24) is 0 Å². The molecule has 2 rings (SSSR count). The lowest BCUT2D eigenvalue weighted by Gasteiger charge is -2.17. The molecule has 142 valence electrons. The van der Waals surface area contributed by atoms with Crippen LogP contribution in [0.1, 0.15) is 67.8 Å². The number of Topliss-reactive ketones (excluding diaryl/α,β-unsaturated/α-hetero) is 1. The van der Waals surface area contributed by atoms with E-state index >= 15 is 0 Å². The Morgan fingerprint density at radius 2 is 1.77 bits per heavy atom. The highest BCUT2D eigenvalue weighted by Crippen LogP contribution is 2.37. The number of carbonyl (C=O) groups is 2. The molecule has 26 heavy (non-hydrogen) atoms. The fraction of sp³-hybridized carbons (Fsp3) is 0.500. The molecule has 0 spiro atoms. The van der Waals surface area contributed by atoms with Crippen LogP contribution in [0.5, 0.6) is 11.5 Å². The molecule has 0 saturated carbocycles. The van der Waals surface area contributed by atoms with Crippen LogP contribution in [0, 0.1) is 0 Å². The van der Waals surface area contributed by atoms with Gasteiger partial charge in [0.1, 0.15) is 22.8 Å². The number of ether oxygens (including phenoxy) is 1. The zero-order chi connectivity index (χ0) is 19.1. The summed E-state index contributed by atoms with van der Waals surface area (Å²) in [5.41, 5.74) is -0.0195. The molecule has 0 aliphatic carbocycles. The van der Waals surface area contributed by atoms with E-state index in [1.165, 1.54) is 0 Å². The van der Waals surface area contributed by atoms with E-state index in [9.17, 15) is 19.8 Å². The van der Waals surface area contributed by atoms with E-state index in [1.54, 1.807) is 6.92 Å². The van der Waals surface area contributed by atoms with Gasteiger partial charge in [-0.3, -0.25) is 4.79 Å². The highest BCUT2D eigenvalue weighted by molar-refractivity contribution is 6.33. The zero-order valence-electron chi connectivity index (χ0n) is 15.0. The lowest BCUT2D eigenvalue weighted by Crippen LogP contribution is -2.18. The summed E-state index contributed by atoms with van der Waals surface area (Å²) < 4.78 is 5.42. The van der Waals surface area contributed by atoms with Crippen LogP contribution in [-0.4, -0.2) is 28.1 Å². The number of cyclic esters (lactones) is 1. The summed E-state index contributed by atoms with van der Waals surface area (Å²) in [6, 6.07) is 1.00. The molecule has 1 aliphatic rings. The van der Waals surface area contributed by atoms with Crippen LogP contribution in [0.2, 0.25) is 5.02 Å². The van der Waals surface area contributed by atoms with Gasteiger partial charge in [-0.1, -0.05) is 23.8 Å². The topological polar surface area (TPSA) is 83.8 Å². The zero-order valence-corrected chi connectivity index (χ0v) is 15.7. The molecule has 1 aromatic carbocycles. The summed E-state index contributed by atoms with van der Waals surface area (Å²) >= 11 is 6.12. The van der Waals surface area contributed by atoms with Gasteiger partial charge in [-0.05, 0) is 45.4 Å². The van der Waals surface area contributed by atoms with Gasteiger partial charge in [0, 0.05) is 24.5 Å². The molecule has 1 atom stereocenters. The molecule has 1 unspecified atom stereocenters. The van der Waals surface area contributed by atoms with Crippen molar-refractivity contribution in [3.63, 3.8) is 0 Å². The number of aromatic hydroxyl groups is 2. The number of hydrogen-bond donors (Lipinski definition) is 2.